The van der Waals surface area contributed by atoms with Crippen LogP contribution in [0, 0.1) is 0 Å². The van der Waals surface area contributed by atoms with Crippen LogP contribution in [0.5, 0.6) is 0 Å². The number of nitrogens with zero attached hydrogens (tertiary/aromatic N) is 1. The van der Waals surface area contributed by atoms with Crippen LogP contribution in [0.1, 0.15) is 46.5 Å². The van der Waals surface area contributed by atoms with E-state index in [0.717, 1.165) is 25.7 Å². The number of aliphatic hydroxyl groups is 1. The third kappa shape index (κ3) is 3.77. The van der Waals surface area contributed by atoms with Crippen molar-refractivity contribution in [3.8, 4) is 0 Å². The summed E-state index contributed by atoms with van der Waals surface area (Å²) in [5.41, 5.74) is -0.0850. The fraction of sp³-hybridized carbons (Fsp3) is 0.900. The van der Waals surface area contributed by atoms with Crippen molar-refractivity contribution >= 4 is 5.71 Å². The van der Waals surface area contributed by atoms with Gasteiger partial charge >= 0.3 is 0 Å². The maximum atomic E-state index is 10.2. The minimum atomic E-state index is -0.764. The highest BCUT2D eigenvalue weighted by Crippen LogP contribution is 2.21. The molecular weight excluding hydrogens is 166 g/mol. The molecule has 1 N–H and O–H groups in total. The van der Waals surface area contributed by atoms with Crippen molar-refractivity contribution in [2.24, 2.45) is 5.16 Å². The largest absolute Gasteiger partial charge is 0.399 e. The number of rotatable bonds is 6. The van der Waals surface area contributed by atoms with Gasteiger partial charge in [-0.05, 0) is 19.8 Å². The smallest absolute Gasteiger partial charge is 0.106 e. The molecule has 0 fully saturated rings. The lowest BCUT2D eigenvalue weighted by Gasteiger charge is -2.26. The summed E-state index contributed by atoms with van der Waals surface area (Å²) in [6, 6.07) is 0. The van der Waals surface area contributed by atoms with Crippen LogP contribution in [0.3, 0.4) is 0 Å². The second-order valence-corrected chi connectivity index (χ2v) is 3.39. The molecule has 0 aromatic carbocycles. The summed E-state index contributed by atoms with van der Waals surface area (Å²) in [4.78, 5) is 4.67. The Balaban J connectivity index is 4.46. The monoisotopic (exact) mass is 187 g/mol. The Labute approximate surface area is 80.8 Å². The third-order valence-electron chi connectivity index (χ3n) is 2.23. The number of hydrogen-bond acceptors (Lipinski definition) is 3. The van der Waals surface area contributed by atoms with Crippen LogP contribution >= 0.6 is 0 Å². The van der Waals surface area contributed by atoms with E-state index in [2.05, 4.69) is 23.8 Å². The van der Waals surface area contributed by atoms with Gasteiger partial charge in [-0.25, -0.2) is 0 Å². The van der Waals surface area contributed by atoms with Crippen LogP contribution < -0.4 is 0 Å². The molecule has 0 aromatic heterocycles. The van der Waals surface area contributed by atoms with Crippen molar-refractivity contribution < 1.29 is 9.94 Å². The highest BCUT2D eigenvalue weighted by Gasteiger charge is 2.28. The van der Waals surface area contributed by atoms with Gasteiger partial charge in [0.25, 0.3) is 0 Å². The maximum Gasteiger partial charge on any atom is 0.106 e. The van der Waals surface area contributed by atoms with E-state index in [0.29, 0.717) is 5.71 Å². The summed E-state index contributed by atoms with van der Waals surface area (Å²) >= 11 is 0. The molecule has 0 radical (unpaired) electrons. The molecule has 0 aromatic rings. The molecule has 0 rings (SSSR count). The Hall–Kier alpha value is -0.570. The normalized spacial score (nSPS) is 13.2. The molecule has 0 spiro atoms. The second-order valence-electron chi connectivity index (χ2n) is 3.39. The third-order valence-corrected chi connectivity index (χ3v) is 2.23. The summed E-state index contributed by atoms with van der Waals surface area (Å²) in [5, 5.41) is 14.0. The fourth-order valence-electron chi connectivity index (χ4n) is 1.54. The van der Waals surface area contributed by atoms with E-state index >= 15 is 0 Å². The van der Waals surface area contributed by atoms with Gasteiger partial charge in [0.2, 0.25) is 0 Å². The summed E-state index contributed by atoms with van der Waals surface area (Å²) in [6.45, 7) is 5.93. The Morgan fingerprint density at radius 2 is 1.77 bits per heavy atom. The Morgan fingerprint density at radius 3 is 2.08 bits per heavy atom. The molecule has 3 nitrogen and oxygen atoms in total. The Kier molecular flexibility index (Phi) is 5.71. The predicted molar refractivity (Wildman–Crippen MR) is 54.9 cm³/mol. The first-order chi connectivity index (χ1) is 6.10. The molecule has 0 aliphatic rings. The average molecular weight is 187 g/mol. The fourth-order valence-corrected chi connectivity index (χ4v) is 1.54. The molecule has 0 aliphatic heterocycles. The van der Waals surface area contributed by atoms with Crippen LogP contribution in [0.2, 0.25) is 0 Å². The second kappa shape index (κ2) is 5.97. The number of hydrogen-bond donors (Lipinski definition) is 1. The molecule has 0 saturated heterocycles. The van der Waals surface area contributed by atoms with E-state index in [1.54, 1.807) is 0 Å². The summed E-state index contributed by atoms with van der Waals surface area (Å²) in [6.07, 6.45) is 3.40. The maximum absolute atomic E-state index is 10.2. The highest BCUT2D eigenvalue weighted by atomic mass is 16.6. The zero-order chi connectivity index (χ0) is 10.3. The van der Waals surface area contributed by atoms with E-state index in [1.165, 1.54) is 7.11 Å². The van der Waals surface area contributed by atoms with Crippen LogP contribution in [0.15, 0.2) is 5.16 Å². The molecule has 0 atom stereocenters. The van der Waals surface area contributed by atoms with E-state index in [9.17, 15) is 5.11 Å². The van der Waals surface area contributed by atoms with Crippen LogP contribution in [0.25, 0.3) is 0 Å². The minimum absolute atomic E-state index is 0.679. The van der Waals surface area contributed by atoms with Crippen molar-refractivity contribution in [1.29, 1.82) is 0 Å². The number of oxime groups is 1. The van der Waals surface area contributed by atoms with Gasteiger partial charge in [0.05, 0.1) is 5.71 Å². The molecule has 3 heteroatoms. The van der Waals surface area contributed by atoms with E-state index in [1.807, 2.05) is 6.92 Å². The van der Waals surface area contributed by atoms with Gasteiger partial charge in [-0.2, -0.15) is 0 Å². The summed E-state index contributed by atoms with van der Waals surface area (Å²) < 4.78 is 0. The zero-order valence-corrected chi connectivity index (χ0v) is 9.13. The predicted octanol–water partition coefficient (Wildman–Crippen LogP) is 2.34. The SMILES string of the molecule is CCCC(O)(CCC)/C(C)=N\OC. The highest BCUT2D eigenvalue weighted by molar-refractivity contribution is 5.89. The summed E-state index contributed by atoms with van der Waals surface area (Å²) in [7, 11) is 1.50. The van der Waals surface area contributed by atoms with Crippen molar-refractivity contribution in [2.75, 3.05) is 7.11 Å². The van der Waals surface area contributed by atoms with Gasteiger partial charge < -0.3 is 9.94 Å². The van der Waals surface area contributed by atoms with Gasteiger partial charge in [-0.3, -0.25) is 0 Å². The standard InChI is InChI=1S/C10H21NO2/c1-5-7-10(12,8-6-2)9(3)11-13-4/h12H,5-8H2,1-4H3/b11-9-. The van der Waals surface area contributed by atoms with Crippen molar-refractivity contribution in [3.63, 3.8) is 0 Å². The topological polar surface area (TPSA) is 41.8 Å². The lowest BCUT2D eigenvalue weighted by molar-refractivity contribution is 0.0834. The first-order valence-corrected chi connectivity index (χ1v) is 4.91. The van der Waals surface area contributed by atoms with Crippen molar-refractivity contribution in [2.45, 2.75) is 52.1 Å². The van der Waals surface area contributed by atoms with Gasteiger partial charge in [0, 0.05) is 0 Å². The van der Waals surface area contributed by atoms with Crippen molar-refractivity contribution in [3.05, 3.63) is 0 Å². The summed E-state index contributed by atoms with van der Waals surface area (Å²) in [5.74, 6) is 0. The van der Waals surface area contributed by atoms with Crippen LogP contribution in [-0.4, -0.2) is 23.5 Å². The van der Waals surface area contributed by atoms with Gasteiger partial charge in [0.1, 0.15) is 12.7 Å². The van der Waals surface area contributed by atoms with E-state index in [4.69, 9.17) is 0 Å². The van der Waals surface area contributed by atoms with Crippen LogP contribution in [0.4, 0.5) is 0 Å². The quantitative estimate of drug-likeness (QED) is 0.512. The molecule has 13 heavy (non-hydrogen) atoms. The molecular formula is C10H21NO2. The first-order valence-electron chi connectivity index (χ1n) is 4.91. The molecule has 0 aliphatic carbocycles. The van der Waals surface area contributed by atoms with Gasteiger partial charge in [-0.15, -0.1) is 0 Å². The Morgan fingerprint density at radius 1 is 1.31 bits per heavy atom. The van der Waals surface area contributed by atoms with E-state index < -0.39 is 5.60 Å². The molecule has 0 amide bonds. The van der Waals surface area contributed by atoms with Gasteiger partial charge in [-0.1, -0.05) is 31.8 Å². The van der Waals surface area contributed by atoms with Gasteiger partial charge in [0.15, 0.2) is 0 Å². The first kappa shape index (κ1) is 12.4. The molecule has 0 unspecified atom stereocenters. The molecule has 0 heterocycles. The Bertz CT molecular complexity index is 160. The van der Waals surface area contributed by atoms with E-state index in [-0.39, 0.29) is 0 Å². The molecule has 0 saturated carbocycles. The molecule has 0 bridgehead atoms. The average Bonchev–Trinajstić information content (AvgIpc) is 2.05. The lowest BCUT2D eigenvalue weighted by Crippen LogP contribution is -2.36. The molecule has 78 valence electrons. The lowest BCUT2D eigenvalue weighted by atomic mass is 9.88. The van der Waals surface area contributed by atoms with Crippen LogP contribution in [-0.2, 0) is 4.84 Å². The van der Waals surface area contributed by atoms with Crippen molar-refractivity contribution in [1.82, 2.24) is 0 Å². The zero-order valence-electron chi connectivity index (χ0n) is 9.13. The minimum Gasteiger partial charge on any atom is -0.399 e.